The summed E-state index contributed by atoms with van der Waals surface area (Å²) in [6, 6.07) is 3.50. The zero-order valence-corrected chi connectivity index (χ0v) is 10.0. The lowest BCUT2D eigenvalue weighted by molar-refractivity contribution is -0.123. The number of nitrogens with zero attached hydrogens (tertiary/aromatic N) is 3. The van der Waals surface area contributed by atoms with Gasteiger partial charge in [0, 0.05) is 31.5 Å². The number of ether oxygens (including phenoxy) is 1. The van der Waals surface area contributed by atoms with Gasteiger partial charge in [-0.05, 0) is 12.1 Å². The number of rotatable bonds is 5. The number of amides is 1. The average Bonchev–Trinajstić information content (AvgIpc) is 2.81. The molecular formula is C12H14N4O2. The van der Waals surface area contributed by atoms with Crippen LogP contribution in [0, 0.1) is 0 Å². The molecule has 0 bridgehead atoms. The number of hydrogen-bond acceptors (Lipinski definition) is 4. The van der Waals surface area contributed by atoms with E-state index in [4.69, 9.17) is 4.74 Å². The van der Waals surface area contributed by atoms with Crippen LogP contribution in [0.15, 0.2) is 36.9 Å². The Balaban J connectivity index is 1.73. The lowest BCUT2D eigenvalue weighted by Gasteiger charge is -2.05. The van der Waals surface area contributed by atoms with E-state index in [1.165, 1.54) is 0 Å². The van der Waals surface area contributed by atoms with Gasteiger partial charge in [0.1, 0.15) is 5.75 Å². The van der Waals surface area contributed by atoms with E-state index in [-0.39, 0.29) is 12.5 Å². The molecule has 2 rings (SSSR count). The predicted octanol–water partition coefficient (Wildman–Crippen LogP) is 0.510. The Morgan fingerprint density at radius 3 is 3.06 bits per heavy atom. The first-order valence-corrected chi connectivity index (χ1v) is 5.51. The third-order valence-electron chi connectivity index (χ3n) is 2.25. The lowest BCUT2D eigenvalue weighted by Crippen LogP contribution is -2.28. The SMILES string of the molecule is Cn1cc(CNC(=O)COc2cccnc2)cn1. The summed E-state index contributed by atoms with van der Waals surface area (Å²) in [6.07, 6.45) is 6.77. The molecule has 6 nitrogen and oxygen atoms in total. The third kappa shape index (κ3) is 3.58. The van der Waals surface area contributed by atoms with E-state index in [1.54, 1.807) is 35.4 Å². The van der Waals surface area contributed by atoms with Gasteiger partial charge in [-0.25, -0.2) is 0 Å². The van der Waals surface area contributed by atoms with Crippen molar-refractivity contribution in [2.24, 2.45) is 7.05 Å². The number of nitrogens with one attached hydrogen (secondary N) is 1. The van der Waals surface area contributed by atoms with E-state index in [2.05, 4.69) is 15.4 Å². The van der Waals surface area contributed by atoms with Gasteiger partial charge in [0.25, 0.3) is 5.91 Å². The Morgan fingerprint density at radius 1 is 1.50 bits per heavy atom. The maximum absolute atomic E-state index is 11.5. The van der Waals surface area contributed by atoms with Crippen molar-refractivity contribution >= 4 is 5.91 Å². The fourth-order valence-corrected chi connectivity index (χ4v) is 1.40. The molecule has 0 saturated heterocycles. The molecule has 0 aliphatic carbocycles. The molecule has 0 atom stereocenters. The van der Waals surface area contributed by atoms with Crippen LogP contribution in [0.5, 0.6) is 5.75 Å². The van der Waals surface area contributed by atoms with Gasteiger partial charge in [-0.2, -0.15) is 5.10 Å². The topological polar surface area (TPSA) is 69.0 Å². The van der Waals surface area contributed by atoms with Crippen molar-refractivity contribution in [3.8, 4) is 5.75 Å². The summed E-state index contributed by atoms with van der Waals surface area (Å²) in [5.41, 5.74) is 0.951. The molecule has 2 heterocycles. The summed E-state index contributed by atoms with van der Waals surface area (Å²) in [6.45, 7) is 0.426. The second kappa shape index (κ2) is 5.81. The average molecular weight is 246 g/mol. The van der Waals surface area contributed by atoms with Crippen molar-refractivity contribution in [3.63, 3.8) is 0 Å². The molecule has 0 saturated carbocycles. The molecular weight excluding hydrogens is 232 g/mol. The smallest absolute Gasteiger partial charge is 0.258 e. The van der Waals surface area contributed by atoms with Crippen molar-refractivity contribution in [2.45, 2.75) is 6.54 Å². The molecule has 1 amide bonds. The van der Waals surface area contributed by atoms with Gasteiger partial charge >= 0.3 is 0 Å². The summed E-state index contributed by atoms with van der Waals surface area (Å²) < 4.78 is 6.95. The second-order valence-corrected chi connectivity index (χ2v) is 3.78. The molecule has 0 radical (unpaired) electrons. The first-order chi connectivity index (χ1) is 8.74. The number of carbonyl (C=O) groups excluding carboxylic acids is 1. The van der Waals surface area contributed by atoms with Crippen LogP contribution in [0.25, 0.3) is 0 Å². The Kier molecular flexibility index (Phi) is 3.90. The van der Waals surface area contributed by atoms with Crippen molar-refractivity contribution in [1.82, 2.24) is 20.1 Å². The molecule has 0 unspecified atom stereocenters. The largest absolute Gasteiger partial charge is 0.482 e. The molecule has 0 aliphatic rings. The number of aromatic nitrogens is 3. The monoisotopic (exact) mass is 246 g/mol. The first-order valence-electron chi connectivity index (χ1n) is 5.51. The van der Waals surface area contributed by atoms with Gasteiger partial charge in [0.2, 0.25) is 0 Å². The Morgan fingerprint density at radius 2 is 2.39 bits per heavy atom. The zero-order valence-electron chi connectivity index (χ0n) is 10.0. The van der Waals surface area contributed by atoms with Crippen molar-refractivity contribution < 1.29 is 9.53 Å². The van der Waals surface area contributed by atoms with Gasteiger partial charge in [-0.15, -0.1) is 0 Å². The fraction of sp³-hybridized carbons (Fsp3) is 0.250. The van der Waals surface area contributed by atoms with Crippen molar-refractivity contribution in [2.75, 3.05) is 6.61 Å². The molecule has 18 heavy (non-hydrogen) atoms. The summed E-state index contributed by atoms with van der Waals surface area (Å²) in [5.74, 6) is 0.400. The maximum atomic E-state index is 11.5. The van der Waals surface area contributed by atoms with Crippen LogP contribution in [0.2, 0.25) is 0 Å². The van der Waals surface area contributed by atoms with E-state index in [0.717, 1.165) is 5.56 Å². The molecule has 2 aromatic rings. The second-order valence-electron chi connectivity index (χ2n) is 3.78. The van der Waals surface area contributed by atoms with Crippen LogP contribution in [-0.2, 0) is 18.4 Å². The Hall–Kier alpha value is -2.37. The molecule has 1 N–H and O–H groups in total. The maximum Gasteiger partial charge on any atom is 0.258 e. The molecule has 0 fully saturated rings. The van der Waals surface area contributed by atoms with E-state index >= 15 is 0 Å². The van der Waals surface area contributed by atoms with Crippen LogP contribution in [-0.4, -0.2) is 27.3 Å². The Bertz CT molecular complexity index is 510. The van der Waals surface area contributed by atoms with Crippen LogP contribution in [0.1, 0.15) is 5.56 Å². The standard InChI is InChI=1S/C12H14N4O2/c1-16-8-10(6-15-16)5-14-12(17)9-18-11-3-2-4-13-7-11/h2-4,6-8H,5,9H2,1H3,(H,14,17). The van der Waals surface area contributed by atoms with Gasteiger partial charge in [-0.1, -0.05) is 0 Å². The van der Waals surface area contributed by atoms with Gasteiger partial charge in [0.05, 0.1) is 12.4 Å². The predicted molar refractivity (Wildman–Crippen MR) is 64.8 cm³/mol. The summed E-state index contributed by atoms with van der Waals surface area (Å²) in [7, 11) is 1.83. The molecule has 0 aromatic carbocycles. The van der Waals surface area contributed by atoms with Gasteiger partial charge in [0.15, 0.2) is 6.61 Å². The number of aryl methyl sites for hydroxylation is 1. The Labute approximate surface area is 105 Å². The van der Waals surface area contributed by atoms with Crippen molar-refractivity contribution in [1.29, 1.82) is 0 Å². The quantitative estimate of drug-likeness (QED) is 0.834. The number of carbonyl (C=O) groups is 1. The minimum absolute atomic E-state index is 0.0219. The molecule has 6 heteroatoms. The lowest BCUT2D eigenvalue weighted by atomic mass is 10.3. The summed E-state index contributed by atoms with van der Waals surface area (Å²) in [5, 5.41) is 6.76. The van der Waals surface area contributed by atoms with Crippen LogP contribution in [0.3, 0.4) is 0 Å². The minimum atomic E-state index is -0.178. The minimum Gasteiger partial charge on any atom is -0.482 e. The normalized spacial score (nSPS) is 10.1. The fourth-order valence-electron chi connectivity index (χ4n) is 1.40. The molecule has 0 aliphatic heterocycles. The highest BCUT2D eigenvalue weighted by Gasteiger charge is 2.03. The van der Waals surface area contributed by atoms with E-state index in [1.807, 2.05) is 13.2 Å². The molecule has 2 aromatic heterocycles. The highest BCUT2D eigenvalue weighted by atomic mass is 16.5. The summed E-state index contributed by atoms with van der Waals surface area (Å²) >= 11 is 0. The highest BCUT2D eigenvalue weighted by molar-refractivity contribution is 5.77. The number of hydrogen-bond donors (Lipinski definition) is 1. The van der Waals surface area contributed by atoms with Crippen LogP contribution >= 0.6 is 0 Å². The van der Waals surface area contributed by atoms with Crippen LogP contribution < -0.4 is 10.1 Å². The van der Waals surface area contributed by atoms with Crippen molar-refractivity contribution in [3.05, 3.63) is 42.5 Å². The van der Waals surface area contributed by atoms with E-state index in [9.17, 15) is 4.79 Å². The first kappa shape index (κ1) is 12.1. The van der Waals surface area contributed by atoms with Gasteiger partial charge < -0.3 is 10.1 Å². The molecule has 0 spiro atoms. The van der Waals surface area contributed by atoms with Gasteiger partial charge in [-0.3, -0.25) is 14.5 Å². The van der Waals surface area contributed by atoms with E-state index < -0.39 is 0 Å². The number of pyridine rings is 1. The van der Waals surface area contributed by atoms with E-state index in [0.29, 0.717) is 12.3 Å². The highest BCUT2D eigenvalue weighted by Crippen LogP contribution is 2.05. The zero-order chi connectivity index (χ0) is 12.8. The summed E-state index contributed by atoms with van der Waals surface area (Å²) in [4.78, 5) is 15.4. The third-order valence-corrected chi connectivity index (χ3v) is 2.25. The van der Waals surface area contributed by atoms with Crippen LogP contribution in [0.4, 0.5) is 0 Å². The molecule has 94 valence electrons.